The van der Waals surface area contributed by atoms with E-state index in [0.717, 1.165) is 13.0 Å². The quantitative estimate of drug-likeness (QED) is 0.645. The van der Waals surface area contributed by atoms with E-state index in [4.69, 9.17) is 16.7 Å². The third kappa shape index (κ3) is 2.11. The first-order valence-corrected chi connectivity index (χ1v) is 4.62. The van der Waals surface area contributed by atoms with E-state index in [1.165, 1.54) is 0 Å². The van der Waals surface area contributed by atoms with Crippen molar-refractivity contribution in [1.29, 1.82) is 0 Å². The van der Waals surface area contributed by atoms with Crippen molar-refractivity contribution in [3.05, 3.63) is 0 Å². The maximum Gasteiger partial charge on any atom is 0.240 e. The van der Waals surface area contributed by atoms with Gasteiger partial charge in [0, 0.05) is 25.6 Å². The molecule has 0 unspecified atom stereocenters. The minimum absolute atomic E-state index is 0.0207. The normalized spacial score (nSPS) is 25.9. The molecule has 1 aliphatic rings. The van der Waals surface area contributed by atoms with E-state index in [2.05, 4.69) is 0 Å². The lowest BCUT2D eigenvalue weighted by atomic mass is 10.1. The van der Waals surface area contributed by atoms with Gasteiger partial charge in [0.15, 0.2) is 0 Å². The summed E-state index contributed by atoms with van der Waals surface area (Å²) in [4.78, 5) is 13.0. The number of carbonyl (C=O) groups excluding carboxylic acids is 1. The van der Waals surface area contributed by atoms with Crippen molar-refractivity contribution < 1.29 is 9.90 Å². The molecule has 0 saturated carbocycles. The van der Waals surface area contributed by atoms with Gasteiger partial charge in [-0.25, -0.2) is 0 Å². The van der Waals surface area contributed by atoms with Crippen LogP contribution in [0.15, 0.2) is 0 Å². The first kappa shape index (κ1) is 9.81. The van der Waals surface area contributed by atoms with Gasteiger partial charge in [-0.15, -0.1) is 11.6 Å². The molecule has 1 heterocycles. The number of rotatable bonds is 2. The number of nitrogens with zero attached hydrogens (tertiary/aromatic N) is 1. The van der Waals surface area contributed by atoms with Crippen LogP contribution < -0.4 is 0 Å². The average molecular weight is 192 g/mol. The highest BCUT2D eigenvalue weighted by molar-refractivity contribution is 6.30. The smallest absolute Gasteiger partial charge is 0.240 e. The number of hydrogen-bond acceptors (Lipinski definition) is 2. The van der Waals surface area contributed by atoms with Gasteiger partial charge in [0.25, 0.3) is 0 Å². The number of amides is 1. The number of aliphatic hydroxyl groups is 1. The molecular formula is C8H14ClNO2. The van der Waals surface area contributed by atoms with Crippen molar-refractivity contribution in [3.63, 3.8) is 0 Å². The molecule has 1 amide bonds. The van der Waals surface area contributed by atoms with Gasteiger partial charge in [-0.2, -0.15) is 0 Å². The van der Waals surface area contributed by atoms with Crippen LogP contribution in [0.25, 0.3) is 0 Å². The van der Waals surface area contributed by atoms with Crippen LogP contribution in [0.1, 0.15) is 13.3 Å². The molecule has 0 aromatic rings. The van der Waals surface area contributed by atoms with Crippen molar-refractivity contribution in [1.82, 2.24) is 4.90 Å². The summed E-state index contributed by atoms with van der Waals surface area (Å²) < 4.78 is 0. The van der Waals surface area contributed by atoms with Gasteiger partial charge in [-0.05, 0) is 13.3 Å². The van der Waals surface area contributed by atoms with Crippen molar-refractivity contribution in [2.24, 2.45) is 5.92 Å². The van der Waals surface area contributed by atoms with Crippen LogP contribution in [0.5, 0.6) is 0 Å². The molecule has 1 aliphatic heterocycles. The summed E-state index contributed by atoms with van der Waals surface area (Å²) in [5.41, 5.74) is 0. The molecule has 1 rings (SSSR count). The maximum atomic E-state index is 11.3. The van der Waals surface area contributed by atoms with Crippen LogP contribution in [0.4, 0.5) is 0 Å². The lowest BCUT2D eigenvalue weighted by Gasteiger charge is -2.17. The second-order valence-electron chi connectivity index (χ2n) is 3.24. The Kier molecular flexibility index (Phi) is 3.35. The van der Waals surface area contributed by atoms with Crippen LogP contribution >= 0.6 is 11.6 Å². The van der Waals surface area contributed by atoms with Gasteiger partial charge in [0.2, 0.25) is 5.91 Å². The Hall–Kier alpha value is -0.280. The van der Waals surface area contributed by atoms with Crippen molar-refractivity contribution in [2.75, 3.05) is 19.7 Å². The molecule has 0 radical (unpaired) electrons. The topological polar surface area (TPSA) is 40.5 Å². The Morgan fingerprint density at radius 2 is 2.50 bits per heavy atom. The van der Waals surface area contributed by atoms with E-state index < -0.39 is 5.38 Å². The monoisotopic (exact) mass is 191 g/mol. The Morgan fingerprint density at radius 3 is 2.92 bits per heavy atom. The van der Waals surface area contributed by atoms with E-state index in [0.29, 0.717) is 6.54 Å². The zero-order chi connectivity index (χ0) is 9.14. The highest BCUT2D eigenvalue weighted by Crippen LogP contribution is 2.17. The number of hydrogen-bond donors (Lipinski definition) is 1. The molecular weight excluding hydrogens is 178 g/mol. The van der Waals surface area contributed by atoms with Gasteiger partial charge in [0.05, 0.1) is 0 Å². The van der Waals surface area contributed by atoms with Crippen LogP contribution in [0, 0.1) is 5.92 Å². The number of likely N-dealkylation sites (tertiary alicyclic amines) is 1. The molecule has 70 valence electrons. The molecule has 0 aromatic heterocycles. The first-order chi connectivity index (χ1) is 5.65. The van der Waals surface area contributed by atoms with Crippen LogP contribution in [0.2, 0.25) is 0 Å². The Balaban J connectivity index is 2.41. The summed E-state index contributed by atoms with van der Waals surface area (Å²) in [6.07, 6.45) is 0.895. The molecule has 3 nitrogen and oxygen atoms in total. The third-order valence-electron chi connectivity index (χ3n) is 2.20. The number of carbonyl (C=O) groups is 1. The zero-order valence-corrected chi connectivity index (χ0v) is 7.92. The van der Waals surface area contributed by atoms with E-state index in [1.54, 1.807) is 11.8 Å². The number of alkyl halides is 1. The average Bonchev–Trinajstić information content (AvgIpc) is 2.50. The largest absolute Gasteiger partial charge is 0.396 e. The van der Waals surface area contributed by atoms with Crippen LogP contribution in [0.3, 0.4) is 0 Å². The summed E-state index contributed by atoms with van der Waals surface area (Å²) in [7, 11) is 0. The highest BCUT2D eigenvalue weighted by atomic mass is 35.5. The summed E-state index contributed by atoms with van der Waals surface area (Å²) in [6.45, 7) is 3.24. The molecule has 0 aliphatic carbocycles. The predicted molar refractivity (Wildman–Crippen MR) is 47.1 cm³/mol. The van der Waals surface area contributed by atoms with Gasteiger partial charge in [0.1, 0.15) is 5.38 Å². The second-order valence-corrected chi connectivity index (χ2v) is 3.89. The molecule has 4 heteroatoms. The van der Waals surface area contributed by atoms with E-state index in [-0.39, 0.29) is 18.4 Å². The molecule has 0 bridgehead atoms. The summed E-state index contributed by atoms with van der Waals surface area (Å²) in [5.74, 6) is 0.233. The molecule has 1 saturated heterocycles. The Bertz CT molecular complexity index is 172. The van der Waals surface area contributed by atoms with E-state index in [1.807, 2.05) is 0 Å². The summed E-state index contributed by atoms with van der Waals surface area (Å²) in [5, 5.41) is 8.39. The van der Waals surface area contributed by atoms with Crippen molar-refractivity contribution >= 4 is 17.5 Å². The summed E-state index contributed by atoms with van der Waals surface area (Å²) in [6, 6.07) is 0. The fourth-order valence-electron chi connectivity index (χ4n) is 1.43. The molecule has 1 N–H and O–H groups in total. The first-order valence-electron chi connectivity index (χ1n) is 4.19. The van der Waals surface area contributed by atoms with Crippen molar-refractivity contribution in [2.45, 2.75) is 18.7 Å². The standard InChI is InChI=1S/C8H14ClNO2/c1-6(9)8(12)10-3-2-7(4-10)5-11/h6-7,11H,2-5H2,1H3/t6-,7-/m1/s1. The Labute approximate surface area is 77.3 Å². The highest BCUT2D eigenvalue weighted by Gasteiger charge is 2.27. The number of aliphatic hydroxyl groups excluding tert-OH is 1. The minimum Gasteiger partial charge on any atom is -0.396 e. The van der Waals surface area contributed by atoms with Crippen molar-refractivity contribution in [3.8, 4) is 0 Å². The number of halogens is 1. The Morgan fingerprint density at radius 1 is 1.83 bits per heavy atom. The molecule has 0 spiro atoms. The molecule has 1 fully saturated rings. The van der Waals surface area contributed by atoms with Crippen LogP contribution in [-0.4, -0.2) is 41.0 Å². The van der Waals surface area contributed by atoms with Gasteiger partial charge in [-0.3, -0.25) is 4.79 Å². The van der Waals surface area contributed by atoms with E-state index >= 15 is 0 Å². The molecule has 0 aromatic carbocycles. The lowest BCUT2D eigenvalue weighted by Crippen LogP contribution is -2.34. The second kappa shape index (κ2) is 4.10. The van der Waals surface area contributed by atoms with E-state index in [9.17, 15) is 4.79 Å². The predicted octanol–water partition coefficient (Wildman–Crippen LogP) is 0.455. The lowest BCUT2D eigenvalue weighted by molar-refractivity contribution is -0.129. The third-order valence-corrected chi connectivity index (χ3v) is 2.38. The maximum absolute atomic E-state index is 11.3. The molecule has 2 atom stereocenters. The molecule has 12 heavy (non-hydrogen) atoms. The fraction of sp³-hybridized carbons (Fsp3) is 0.875. The SMILES string of the molecule is C[C@@H](Cl)C(=O)N1CC[C@@H](CO)C1. The van der Waals surface area contributed by atoms with Gasteiger partial charge >= 0.3 is 0 Å². The zero-order valence-electron chi connectivity index (χ0n) is 7.16. The minimum atomic E-state index is -0.442. The van der Waals surface area contributed by atoms with Crippen LogP contribution in [-0.2, 0) is 4.79 Å². The van der Waals surface area contributed by atoms with Gasteiger partial charge < -0.3 is 10.0 Å². The summed E-state index contributed by atoms with van der Waals surface area (Å²) >= 11 is 5.65. The fourth-order valence-corrected chi connectivity index (χ4v) is 1.57. The van der Waals surface area contributed by atoms with Gasteiger partial charge in [-0.1, -0.05) is 0 Å².